The molecule has 1 aromatic carbocycles. The summed E-state index contributed by atoms with van der Waals surface area (Å²) < 4.78 is 38.9. The van der Waals surface area contributed by atoms with Gasteiger partial charge in [0.05, 0.1) is 24.2 Å². The Hall–Kier alpha value is -2.48. The van der Waals surface area contributed by atoms with E-state index in [9.17, 15) is 17.6 Å². The first-order valence-corrected chi connectivity index (χ1v) is 9.07. The van der Waals surface area contributed by atoms with Gasteiger partial charge < -0.3 is 5.32 Å². The average Bonchev–Trinajstić information content (AvgIpc) is 2.54. The summed E-state index contributed by atoms with van der Waals surface area (Å²) in [6, 6.07) is 9.57. The van der Waals surface area contributed by atoms with Crippen molar-refractivity contribution in [3.05, 3.63) is 60.2 Å². The van der Waals surface area contributed by atoms with E-state index >= 15 is 0 Å². The maximum Gasteiger partial charge on any atom is 0.243 e. The molecule has 1 aromatic heterocycles. The monoisotopic (exact) mass is 351 g/mol. The average molecular weight is 351 g/mol. The van der Waals surface area contributed by atoms with Crippen LogP contribution >= 0.6 is 0 Å². The van der Waals surface area contributed by atoms with Crippen molar-refractivity contribution in [1.29, 1.82) is 0 Å². The molecule has 6 nitrogen and oxygen atoms in total. The number of sulfonamides is 1. The molecule has 24 heavy (non-hydrogen) atoms. The number of hydrogen-bond donors (Lipinski definition) is 1. The van der Waals surface area contributed by atoms with E-state index < -0.39 is 27.8 Å². The second-order valence-corrected chi connectivity index (χ2v) is 7.08. The number of para-hydroxylation sites is 1. The standard InChI is InChI=1S/C16H18FN3O3S/c1-12(16(21)19-11-13-7-5-6-10-18-13)20(24(2,22)23)15-9-4-3-8-14(15)17/h3-10,12H,11H2,1-2H3,(H,19,21). The van der Waals surface area contributed by atoms with Crippen LogP contribution in [0.5, 0.6) is 0 Å². The van der Waals surface area contributed by atoms with Crippen molar-refractivity contribution in [3.63, 3.8) is 0 Å². The lowest BCUT2D eigenvalue weighted by atomic mass is 10.2. The molecule has 128 valence electrons. The van der Waals surface area contributed by atoms with Crippen molar-refractivity contribution >= 4 is 21.6 Å². The van der Waals surface area contributed by atoms with Gasteiger partial charge in [-0.3, -0.25) is 14.1 Å². The summed E-state index contributed by atoms with van der Waals surface area (Å²) in [7, 11) is -3.85. The Bertz CT molecular complexity index is 812. The highest BCUT2D eigenvalue weighted by Crippen LogP contribution is 2.24. The lowest BCUT2D eigenvalue weighted by molar-refractivity contribution is -0.122. The summed E-state index contributed by atoms with van der Waals surface area (Å²) in [5.74, 6) is -1.26. The van der Waals surface area contributed by atoms with Gasteiger partial charge in [-0.15, -0.1) is 0 Å². The van der Waals surface area contributed by atoms with Gasteiger partial charge in [-0.05, 0) is 31.2 Å². The molecule has 0 fully saturated rings. The van der Waals surface area contributed by atoms with E-state index in [1.807, 2.05) is 0 Å². The zero-order valence-electron chi connectivity index (χ0n) is 13.3. The van der Waals surface area contributed by atoms with Crippen molar-refractivity contribution < 1.29 is 17.6 Å². The minimum Gasteiger partial charge on any atom is -0.349 e. The Morgan fingerprint density at radius 1 is 1.25 bits per heavy atom. The summed E-state index contributed by atoms with van der Waals surface area (Å²) in [5, 5.41) is 2.61. The maximum atomic E-state index is 14.0. The van der Waals surface area contributed by atoms with Gasteiger partial charge in [-0.2, -0.15) is 0 Å². The third kappa shape index (κ3) is 4.29. The van der Waals surface area contributed by atoms with E-state index in [4.69, 9.17) is 0 Å². The topological polar surface area (TPSA) is 79.4 Å². The summed E-state index contributed by atoms with van der Waals surface area (Å²) in [6.45, 7) is 1.56. The van der Waals surface area contributed by atoms with Gasteiger partial charge in [0.25, 0.3) is 0 Å². The number of nitrogens with zero attached hydrogens (tertiary/aromatic N) is 2. The van der Waals surface area contributed by atoms with Crippen molar-refractivity contribution in [2.75, 3.05) is 10.6 Å². The number of benzene rings is 1. The van der Waals surface area contributed by atoms with Crippen LogP contribution in [0.2, 0.25) is 0 Å². The number of carbonyl (C=O) groups excluding carboxylic acids is 1. The molecule has 1 unspecified atom stereocenters. The molecular weight excluding hydrogens is 333 g/mol. The molecule has 1 amide bonds. The number of rotatable bonds is 6. The van der Waals surface area contributed by atoms with Gasteiger partial charge in [0.1, 0.15) is 11.9 Å². The first kappa shape index (κ1) is 17.9. The lowest BCUT2D eigenvalue weighted by Gasteiger charge is -2.28. The quantitative estimate of drug-likeness (QED) is 0.859. The summed E-state index contributed by atoms with van der Waals surface area (Å²) >= 11 is 0. The molecule has 0 aliphatic carbocycles. The van der Waals surface area contributed by atoms with Crippen molar-refractivity contribution in [2.24, 2.45) is 0 Å². The van der Waals surface area contributed by atoms with Crippen LogP contribution in [0, 0.1) is 5.82 Å². The molecule has 8 heteroatoms. The molecule has 1 N–H and O–H groups in total. The molecule has 1 heterocycles. The SMILES string of the molecule is CC(C(=O)NCc1ccccn1)N(c1ccccc1F)S(C)(=O)=O. The molecule has 0 radical (unpaired) electrons. The second kappa shape index (κ2) is 7.39. The smallest absolute Gasteiger partial charge is 0.243 e. The van der Waals surface area contributed by atoms with Crippen LogP contribution in [-0.2, 0) is 21.4 Å². The zero-order chi connectivity index (χ0) is 17.7. The van der Waals surface area contributed by atoms with Crippen LogP contribution in [0.4, 0.5) is 10.1 Å². The molecule has 0 aliphatic rings. The van der Waals surface area contributed by atoms with Crippen molar-refractivity contribution in [2.45, 2.75) is 19.5 Å². The van der Waals surface area contributed by atoms with E-state index in [1.54, 1.807) is 24.4 Å². The van der Waals surface area contributed by atoms with E-state index in [-0.39, 0.29) is 12.2 Å². The van der Waals surface area contributed by atoms with E-state index in [0.29, 0.717) is 5.69 Å². The fourth-order valence-electron chi connectivity index (χ4n) is 2.24. The first-order chi connectivity index (χ1) is 11.3. The number of nitrogens with one attached hydrogen (secondary N) is 1. The van der Waals surface area contributed by atoms with Gasteiger partial charge in [0.15, 0.2) is 0 Å². The van der Waals surface area contributed by atoms with Crippen LogP contribution < -0.4 is 9.62 Å². The highest BCUT2D eigenvalue weighted by Gasteiger charge is 2.30. The number of hydrogen-bond acceptors (Lipinski definition) is 4. The predicted octanol–water partition coefficient (Wildman–Crippen LogP) is 1.69. The Morgan fingerprint density at radius 2 is 1.92 bits per heavy atom. The van der Waals surface area contributed by atoms with Gasteiger partial charge in [0.2, 0.25) is 15.9 Å². The second-order valence-electron chi connectivity index (χ2n) is 5.23. The molecule has 0 bridgehead atoms. The third-order valence-electron chi connectivity index (χ3n) is 3.35. The number of amides is 1. The summed E-state index contributed by atoms with van der Waals surface area (Å²) in [6.07, 6.45) is 2.52. The van der Waals surface area contributed by atoms with Crippen molar-refractivity contribution in [1.82, 2.24) is 10.3 Å². The van der Waals surface area contributed by atoms with Crippen LogP contribution in [0.25, 0.3) is 0 Å². The van der Waals surface area contributed by atoms with E-state index in [1.165, 1.54) is 25.1 Å². The molecule has 0 aliphatic heterocycles. The molecule has 0 saturated heterocycles. The number of anilines is 1. The molecule has 2 rings (SSSR count). The van der Waals surface area contributed by atoms with E-state index in [2.05, 4.69) is 10.3 Å². The van der Waals surface area contributed by atoms with Gasteiger partial charge >= 0.3 is 0 Å². The van der Waals surface area contributed by atoms with Crippen LogP contribution in [0.15, 0.2) is 48.7 Å². The van der Waals surface area contributed by atoms with Crippen molar-refractivity contribution in [3.8, 4) is 0 Å². The number of carbonyl (C=O) groups is 1. The molecule has 0 saturated carbocycles. The Balaban J connectivity index is 2.21. The summed E-state index contributed by atoms with van der Waals surface area (Å²) in [4.78, 5) is 16.4. The predicted molar refractivity (Wildman–Crippen MR) is 89.3 cm³/mol. The van der Waals surface area contributed by atoms with Crippen LogP contribution in [0.1, 0.15) is 12.6 Å². The normalized spacial score (nSPS) is 12.5. The summed E-state index contributed by atoms with van der Waals surface area (Å²) in [5.41, 5.74) is 0.468. The maximum absolute atomic E-state index is 14.0. The fourth-order valence-corrected chi connectivity index (χ4v) is 3.42. The Kier molecular flexibility index (Phi) is 5.50. The van der Waals surface area contributed by atoms with Crippen LogP contribution in [-0.4, -0.2) is 31.6 Å². The van der Waals surface area contributed by atoms with E-state index in [0.717, 1.165) is 16.6 Å². The highest BCUT2D eigenvalue weighted by molar-refractivity contribution is 7.92. The van der Waals surface area contributed by atoms with Gasteiger partial charge in [-0.1, -0.05) is 18.2 Å². The highest BCUT2D eigenvalue weighted by atomic mass is 32.2. The minimum atomic E-state index is -3.85. The molecule has 0 spiro atoms. The molecule has 1 atom stereocenters. The Morgan fingerprint density at radius 3 is 2.50 bits per heavy atom. The van der Waals surface area contributed by atoms with Crippen LogP contribution in [0.3, 0.4) is 0 Å². The first-order valence-electron chi connectivity index (χ1n) is 7.22. The largest absolute Gasteiger partial charge is 0.349 e. The number of halogens is 1. The lowest BCUT2D eigenvalue weighted by Crippen LogP contribution is -2.48. The molecule has 2 aromatic rings. The third-order valence-corrected chi connectivity index (χ3v) is 4.58. The van der Waals surface area contributed by atoms with Gasteiger partial charge in [-0.25, -0.2) is 12.8 Å². The van der Waals surface area contributed by atoms with Gasteiger partial charge in [0, 0.05) is 6.20 Å². The fraction of sp³-hybridized carbons (Fsp3) is 0.250. The zero-order valence-corrected chi connectivity index (χ0v) is 14.1. The minimum absolute atomic E-state index is 0.152. The molecular formula is C16H18FN3O3S. The number of pyridine rings is 1. The number of aromatic nitrogens is 1. The Labute approximate surface area is 140 Å².